The van der Waals surface area contributed by atoms with Crippen molar-refractivity contribution in [1.29, 1.82) is 0 Å². The van der Waals surface area contributed by atoms with Crippen molar-refractivity contribution in [2.24, 2.45) is 10.4 Å². The minimum absolute atomic E-state index is 0.352. The molecule has 0 aromatic heterocycles. The van der Waals surface area contributed by atoms with Crippen LogP contribution in [0.4, 0.5) is 0 Å². The van der Waals surface area contributed by atoms with Crippen molar-refractivity contribution < 1.29 is 0 Å². The fourth-order valence-corrected chi connectivity index (χ4v) is 3.40. The van der Waals surface area contributed by atoms with E-state index in [4.69, 9.17) is 4.99 Å². The van der Waals surface area contributed by atoms with Crippen LogP contribution in [0.2, 0.25) is 0 Å². The minimum Gasteiger partial charge on any atom is -0.372 e. The molecule has 23 heavy (non-hydrogen) atoms. The maximum absolute atomic E-state index is 4.74. The normalized spacial score (nSPS) is 23.3. The number of allylic oxidation sites excluding steroid dienone is 5. The van der Waals surface area contributed by atoms with Gasteiger partial charge in [0.25, 0.3) is 0 Å². The summed E-state index contributed by atoms with van der Waals surface area (Å²) in [6.45, 7) is 15.5. The molecule has 0 unspecified atom stereocenters. The smallest absolute Gasteiger partial charge is 0.0464 e. The molecule has 2 fully saturated rings. The Kier molecular flexibility index (Phi) is 6.23. The Morgan fingerprint density at radius 1 is 1.22 bits per heavy atom. The quantitative estimate of drug-likeness (QED) is 0.584. The highest BCUT2D eigenvalue weighted by Gasteiger charge is 2.42. The molecule has 0 bridgehead atoms. The van der Waals surface area contributed by atoms with Crippen molar-refractivity contribution in [2.45, 2.75) is 53.9 Å². The zero-order valence-electron chi connectivity index (χ0n) is 15.6. The lowest BCUT2D eigenvalue weighted by atomic mass is 9.87. The summed E-state index contributed by atoms with van der Waals surface area (Å²) in [5.41, 5.74) is 5.74. The van der Waals surface area contributed by atoms with Gasteiger partial charge in [0.2, 0.25) is 0 Å². The first-order valence-electron chi connectivity index (χ1n) is 9.07. The number of aliphatic imine (C=N–C) groups is 1. The van der Waals surface area contributed by atoms with Gasteiger partial charge in [-0.15, -0.1) is 0 Å². The Morgan fingerprint density at radius 3 is 2.39 bits per heavy atom. The predicted molar refractivity (Wildman–Crippen MR) is 101 cm³/mol. The van der Waals surface area contributed by atoms with Crippen molar-refractivity contribution in [3.63, 3.8) is 0 Å². The third-order valence-electron chi connectivity index (χ3n) is 5.13. The highest BCUT2D eigenvalue weighted by atomic mass is 15.2. The van der Waals surface area contributed by atoms with Gasteiger partial charge >= 0.3 is 0 Å². The lowest BCUT2D eigenvalue weighted by molar-refractivity contribution is 0.298. The van der Waals surface area contributed by atoms with Gasteiger partial charge in [0.1, 0.15) is 0 Å². The molecule has 0 amide bonds. The van der Waals surface area contributed by atoms with Crippen molar-refractivity contribution >= 4 is 5.71 Å². The van der Waals surface area contributed by atoms with Crippen LogP contribution in [0.1, 0.15) is 53.9 Å². The molecule has 2 rings (SSSR count). The molecule has 1 heterocycles. The summed E-state index contributed by atoms with van der Waals surface area (Å²) in [6.07, 6.45) is 10.0. The van der Waals surface area contributed by atoms with E-state index < -0.39 is 0 Å². The SMILES string of the molecule is C\C=C(C(/C(C)=N/C=C/CC)=C(/C)N1CCNCC1)\C1(C)CC1. The second-order valence-electron chi connectivity index (χ2n) is 6.97. The molecular formula is C20H33N3. The van der Waals surface area contributed by atoms with Gasteiger partial charge in [-0.25, -0.2) is 0 Å². The van der Waals surface area contributed by atoms with Crippen LogP contribution in [-0.4, -0.2) is 36.8 Å². The predicted octanol–water partition coefficient (Wildman–Crippen LogP) is 4.30. The van der Waals surface area contributed by atoms with Gasteiger partial charge in [0.05, 0.1) is 0 Å². The molecule has 1 saturated carbocycles. The molecule has 0 aromatic carbocycles. The van der Waals surface area contributed by atoms with E-state index in [0.717, 1.165) is 38.3 Å². The first kappa shape index (κ1) is 18.0. The third kappa shape index (κ3) is 4.35. The number of nitrogens with one attached hydrogen (secondary N) is 1. The van der Waals surface area contributed by atoms with E-state index in [1.165, 1.54) is 29.7 Å². The van der Waals surface area contributed by atoms with Gasteiger partial charge in [0.15, 0.2) is 0 Å². The molecule has 0 atom stereocenters. The average Bonchev–Trinajstić information content (AvgIpc) is 3.31. The van der Waals surface area contributed by atoms with Gasteiger partial charge in [-0.05, 0) is 51.0 Å². The number of nitrogens with zero attached hydrogens (tertiary/aromatic N) is 2. The van der Waals surface area contributed by atoms with E-state index in [0.29, 0.717) is 5.41 Å². The fraction of sp³-hybridized carbons (Fsp3) is 0.650. The second-order valence-corrected chi connectivity index (χ2v) is 6.97. The van der Waals surface area contributed by atoms with Crippen molar-refractivity contribution in [3.8, 4) is 0 Å². The Morgan fingerprint density at radius 2 is 1.87 bits per heavy atom. The third-order valence-corrected chi connectivity index (χ3v) is 5.13. The van der Waals surface area contributed by atoms with Gasteiger partial charge in [-0.2, -0.15) is 0 Å². The first-order chi connectivity index (χ1) is 11.0. The van der Waals surface area contributed by atoms with Crippen LogP contribution in [0.15, 0.2) is 40.2 Å². The number of hydrogen-bond acceptors (Lipinski definition) is 3. The van der Waals surface area contributed by atoms with E-state index >= 15 is 0 Å². The molecule has 3 heteroatoms. The van der Waals surface area contributed by atoms with E-state index in [9.17, 15) is 0 Å². The molecule has 1 aliphatic carbocycles. The van der Waals surface area contributed by atoms with Gasteiger partial charge in [-0.1, -0.05) is 26.0 Å². The lowest BCUT2D eigenvalue weighted by Gasteiger charge is -2.33. The van der Waals surface area contributed by atoms with Crippen LogP contribution in [0, 0.1) is 5.41 Å². The van der Waals surface area contributed by atoms with Crippen LogP contribution in [0.25, 0.3) is 0 Å². The Bertz CT molecular complexity index is 527. The molecule has 128 valence electrons. The Labute approximate surface area is 142 Å². The number of piperazine rings is 1. The summed E-state index contributed by atoms with van der Waals surface area (Å²) >= 11 is 0. The standard InChI is InChI=1S/C20H33N3/c1-6-8-11-22-16(3)19(18(7-2)20(5)9-10-20)17(4)23-14-12-21-13-15-23/h7-8,11,21H,6,9-10,12-15H2,1-5H3/b11-8+,18-7+,19-17-,22-16+. The van der Waals surface area contributed by atoms with Crippen molar-refractivity contribution in [2.75, 3.05) is 26.2 Å². The summed E-state index contributed by atoms with van der Waals surface area (Å²) in [5, 5.41) is 3.45. The first-order valence-corrected chi connectivity index (χ1v) is 9.07. The molecule has 0 spiro atoms. The monoisotopic (exact) mass is 315 g/mol. The Balaban J connectivity index is 2.41. The van der Waals surface area contributed by atoms with Crippen LogP contribution >= 0.6 is 0 Å². The Hall–Kier alpha value is -1.35. The van der Waals surface area contributed by atoms with Gasteiger partial charge < -0.3 is 10.2 Å². The molecule has 1 aliphatic heterocycles. The van der Waals surface area contributed by atoms with Gasteiger partial charge in [-0.3, -0.25) is 4.99 Å². The molecule has 2 aliphatic rings. The van der Waals surface area contributed by atoms with Crippen LogP contribution in [-0.2, 0) is 0 Å². The molecule has 1 N–H and O–H groups in total. The highest BCUT2D eigenvalue weighted by Crippen LogP contribution is 2.54. The zero-order valence-corrected chi connectivity index (χ0v) is 15.6. The summed E-state index contributed by atoms with van der Waals surface area (Å²) in [7, 11) is 0. The van der Waals surface area contributed by atoms with E-state index in [-0.39, 0.29) is 0 Å². The summed E-state index contributed by atoms with van der Waals surface area (Å²) in [5.74, 6) is 0. The highest BCUT2D eigenvalue weighted by molar-refractivity contribution is 6.03. The lowest BCUT2D eigenvalue weighted by Crippen LogP contribution is -2.43. The van der Waals surface area contributed by atoms with Gasteiger partial charge in [0, 0.05) is 49.4 Å². The van der Waals surface area contributed by atoms with E-state index in [1.54, 1.807) is 0 Å². The minimum atomic E-state index is 0.352. The molecular weight excluding hydrogens is 282 g/mol. The van der Waals surface area contributed by atoms with E-state index in [2.05, 4.69) is 57.0 Å². The topological polar surface area (TPSA) is 27.6 Å². The molecule has 1 saturated heterocycles. The average molecular weight is 316 g/mol. The van der Waals surface area contributed by atoms with Crippen molar-refractivity contribution in [1.82, 2.24) is 10.2 Å². The maximum Gasteiger partial charge on any atom is 0.0464 e. The maximum atomic E-state index is 4.74. The second kappa shape index (κ2) is 7.96. The molecule has 0 radical (unpaired) electrons. The summed E-state index contributed by atoms with van der Waals surface area (Å²) in [4.78, 5) is 7.25. The zero-order chi connectivity index (χ0) is 16.9. The number of hydrogen-bond donors (Lipinski definition) is 1. The summed E-state index contributed by atoms with van der Waals surface area (Å²) in [6, 6.07) is 0. The molecule has 0 aromatic rings. The van der Waals surface area contributed by atoms with Crippen molar-refractivity contribution in [3.05, 3.63) is 35.2 Å². The van der Waals surface area contributed by atoms with Crippen LogP contribution < -0.4 is 5.32 Å². The molecule has 3 nitrogen and oxygen atoms in total. The largest absolute Gasteiger partial charge is 0.372 e. The number of rotatable bonds is 6. The summed E-state index contributed by atoms with van der Waals surface area (Å²) < 4.78 is 0. The van der Waals surface area contributed by atoms with Crippen LogP contribution in [0.5, 0.6) is 0 Å². The van der Waals surface area contributed by atoms with Crippen LogP contribution in [0.3, 0.4) is 0 Å². The van der Waals surface area contributed by atoms with E-state index in [1.807, 2.05) is 6.20 Å². The fourth-order valence-electron chi connectivity index (χ4n) is 3.40.